The molecule has 0 bridgehead atoms. The van der Waals surface area contributed by atoms with E-state index >= 15 is 0 Å². The second-order valence-electron chi connectivity index (χ2n) is 14.6. The van der Waals surface area contributed by atoms with Gasteiger partial charge >= 0.3 is 94.6 Å². The molecule has 2 heterocycles. The number of fused-ring (bicyclic) bond motifs is 2. The van der Waals surface area contributed by atoms with E-state index in [4.69, 9.17) is 9.84 Å². The maximum absolute atomic E-state index is 11.9. The molecule has 1 N–H and O–H groups in total. The normalized spacial score (nSPS) is 17.0. The van der Waals surface area contributed by atoms with Crippen LogP contribution in [-0.4, -0.2) is 111 Å². The van der Waals surface area contributed by atoms with Crippen molar-refractivity contribution in [2.24, 2.45) is 0 Å². The zero-order chi connectivity index (χ0) is 43.5. The Hall–Kier alpha value is -1.06. The molecule has 24 heteroatoms. The molecule has 0 fully saturated rings. The van der Waals surface area contributed by atoms with Crippen molar-refractivity contribution in [1.82, 2.24) is 0 Å². The van der Waals surface area contributed by atoms with Gasteiger partial charge in [0.25, 0.3) is 0 Å². The molecule has 2 aromatic carbocycles. The second kappa shape index (κ2) is 22.9. The number of carboxylic acids is 1. The van der Waals surface area contributed by atoms with E-state index < -0.39 is 78.6 Å². The average molecular weight is 953 g/mol. The van der Waals surface area contributed by atoms with E-state index in [0.29, 0.717) is 52.3 Å². The average Bonchev–Trinajstić information content (AvgIpc) is 3.43. The van der Waals surface area contributed by atoms with Gasteiger partial charge in [-0.15, -0.1) is 0 Å². The molecule has 0 radical (unpaired) electrons. The van der Waals surface area contributed by atoms with E-state index in [-0.39, 0.29) is 121 Å². The molecule has 0 saturated carbocycles. The van der Waals surface area contributed by atoms with Crippen molar-refractivity contribution in [3.63, 3.8) is 0 Å². The van der Waals surface area contributed by atoms with Gasteiger partial charge in [0.2, 0.25) is 5.69 Å². The van der Waals surface area contributed by atoms with Crippen LogP contribution >= 0.6 is 0 Å². The molecular weight excluding hydrogens is 910 g/mol. The smallest absolute Gasteiger partial charge is 0.748 e. The summed E-state index contributed by atoms with van der Waals surface area (Å²) in [5, 5.41) is 8.91. The van der Waals surface area contributed by atoms with Crippen molar-refractivity contribution in [2.45, 2.75) is 67.6 Å². The van der Waals surface area contributed by atoms with Crippen molar-refractivity contribution in [1.29, 1.82) is 0 Å². The molecule has 2 aliphatic rings. The van der Waals surface area contributed by atoms with E-state index in [1.165, 1.54) is 24.3 Å². The number of allylic oxidation sites excluding steroid dienone is 8. The van der Waals surface area contributed by atoms with Crippen molar-refractivity contribution < 1.29 is 160 Å². The topological polar surface area (TPSA) is 282 Å². The number of carbonyl (C=O) groups is 1. The maximum Gasteiger partial charge on any atom is 1.00 e. The largest absolute Gasteiger partial charge is 1.00 e. The third-order valence-corrected chi connectivity index (χ3v) is 12.8. The second-order valence-corrected chi connectivity index (χ2v) is 20.4. The van der Waals surface area contributed by atoms with E-state index in [0.717, 1.165) is 12.1 Å². The fraction of sp³-hybridized carbons (Fsp3) is 0.405. The van der Waals surface area contributed by atoms with E-state index in [9.17, 15) is 56.7 Å². The predicted octanol–water partition coefficient (Wildman–Crippen LogP) is -6.03. The molecule has 0 aromatic heterocycles. The van der Waals surface area contributed by atoms with Crippen molar-refractivity contribution in [2.75, 3.05) is 42.7 Å². The Morgan fingerprint density at radius 3 is 1.90 bits per heavy atom. The monoisotopic (exact) mass is 952 g/mol. The first-order chi connectivity index (χ1) is 26.6. The summed E-state index contributed by atoms with van der Waals surface area (Å²) < 4.78 is 148. The Balaban J connectivity index is 0.00000620. The van der Waals surface area contributed by atoms with Gasteiger partial charge in [0, 0.05) is 47.7 Å². The SMILES string of the molecule is CC1(C)C(/C=C/C=C(/C=C/C=C2/N(CCS(=O)(=O)[O-])c3ccc(S(=O)(=O)[O-])cc3C2(C)C)CCCOCCC(=O)O)=[N+](CCS(=O)(=O)[O-])c2ccc(S(=O)(=O)[O-])cc21.[Na+].[Na+].[Na+]. The van der Waals surface area contributed by atoms with Crippen LogP contribution < -0.4 is 93.6 Å². The van der Waals surface area contributed by atoms with Crippen molar-refractivity contribution in [3.05, 3.63) is 95.3 Å². The first-order valence-corrected chi connectivity index (χ1v) is 23.7. The third kappa shape index (κ3) is 15.8. The fourth-order valence-corrected chi connectivity index (χ4v) is 8.70. The van der Waals surface area contributed by atoms with Crippen LogP contribution in [0.4, 0.5) is 11.4 Å². The molecule has 0 amide bonds. The number of aliphatic carboxylic acids is 1. The van der Waals surface area contributed by atoms with Gasteiger partial charge in [0.05, 0.1) is 49.9 Å². The molecule has 0 aliphatic carbocycles. The van der Waals surface area contributed by atoms with Crippen LogP contribution in [0.2, 0.25) is 0 Å². The molecule has 0 spiro atoms. The molecule has 2 aromatic rings. The minimum atomic E-state index is -4.83. The number of hydrogen-bond donors (Lipinski definition) is 1. The summed E-state index contributed by atoms with van der Waals surface area (Å²) in [5.74, 6) is -2.56. The van der Waals surface area contributed by atoms with Gasteiger partial charge in [-0.1, -0.05) is 38.2 Å². The summed E-state index contributed by atoms with van der Waals surface area (Å²) in [5.41, 5.74) is 1.35. The van der Waals surface area contributed by atoms with E-state index in [1.807, 2.05) is 0 Å². The maximum atomic E-state index is 11.9. The number of benzene rings is 2. The number of carboxylic acid groups (broad SMARTS) is 1. The van der Waals surface area contributed by atoms with Gasteiger partial charge in [0.1, 0.15) is 30.4 Å². The zero-order valence-electron chi connectivity index (χ0n) is 35.0. The van der Waals surface area contributed by atoms with Crippen LogP contribution in [0.25, 0.3) is 0 Å². The number of ether oxygens (including phenoxy) is 1. The molecule has 4 rings (SSSR count). The van der Waals surface area contributed by atoms with Crippen LogP contribution in [-0.2, 0) is 60.8 Å². The Morgan fingerprint density at radius 2 is 1.34 bits per heavy atom. The van der Waals surface area contributed by atoms with Gasteiger partial charge < -0.3 is 33.0 Å². The number of hydrogen-bond acceptors (Lipinski definition) is 15. The molecule has 2 aliphatic heterocycles. The summed E-state index contributed by atoms with van der Waals surface area (Å²) in [6, 6.07) is 7.40. The summed E-state index contributed by atoms with van der Waals surface area (Å²) >= 11 is 0. The van der Waals surface area contributed by atoms with Gasteiger partial charge in [-0.3, -0.25) is 4.79 Å². The van der Waals surface area contributed by atoms with E-state index in [2.05, 4.69) is 0 Å². The van der Waals surface area contributed by atoms with Crippen molar-refractivity contribution in [3.8, 4) is 0 Å². The number of nitrogens with zero attached hydrogens (tertiary/aromatic N) is 2. The van der Waals surface area contributed by atoms with Crippen LogP contribution in [0.15, 0.2) is 93.9 Å². The minimum absolute atomic E-state index is 0. The predicted molar refractivity (Wildman–Crippen MR) is 208 cm³/mol. The van der Waals surface area contributed by atoms with Crippen LogP contribution in [0, 0.1) is 0 Å². The molecule has 17 nitrogen and oxygen atoms in total. The first kappa shape index (κ1) is 58.0. The Morgan fingerprint density at radius 1 is 0.770 bits per heavy atom. The Bertz CT molecular complexity index is 2570. The fourth-order valence-electron chi connectivity index (χ4n) is 6.90. The molecular formula is C37H43N2Na3O15S4. The summed E-state index contributed by atoms with van der Waals surface area (Å²) in [7, 11) is -19.0. The van der Waals surface area contributed by atoms with Crippen LogP contribution in [0.5, 0.6) is 0 Å². The first-order valence-electron chi connectivity index (χ1n) is 17.7. The number of rotatable bonds is 19. The third-order valence-electron chi connectivity index (χ3n) is 9.78. The van der Waals surface area contributed by atoms with Gasteiger partial charge in [-0.2, -0.15) is 4.58 Å². The molecule has 0 unspecified atom stereocenters. The van der Waals surface area contributed by atoms with E-state index in [1.54, 1.807) is 73.6 Å². The Kier molecular flexibility index (Phi) is 21.8. The molecule has 0 saturated heterocycles. The van der Waals surface area contributed by atoms with Crippen LogP contribution in [0.3, 0.4) is 0 Å². The van der Waals surface area contributed by atoms with Crippen molar-refractivity contribution >= 4 is 63.5 Å². The zero-order valence-corrected chi connectivity index (χ0v) is 44.2. The molecule has 0 atom stereocenters. The van der Waals surface area contributed by atoms with Gasteiger partial charge in [0.15, 0.2) is 12.3 Å². The van der Waals surface area contributed by atoms with Crippen LogP contribution in [0.1, 0.15) is 58.1 Å². The summed E-state index contributed by atoms with van der Waals surface area (Å²) in [6.45, 7) is 6.62. The Labute approximate surface area is 424 Å². The van der Waals surface area contributed by atoms with Gasteiger partial charge in [-0.25, -0.2) is 33.7 Å². The summed E-state index contributed by atoms with van der Waals surface area (Å²) in [4.78, 5) is 11.5. The number of anilines is 1. The molecule has 318 valence electrons. The standard InChI is InChI=1S/C37H46N2O15S4.3Na/c1-36(2)29-24-27(57(48,49)50)13-15-31(29)38(18-22-55(42,43)44)33(36)11-5-8-26(10-7-20-54-21-17-35(40)41)9-6-12-34-37(3,4)30-25-28(58(51,52)53)14-16-32(30)39(34)19-23-56(45,46)47;;;/h5-6,8-9,11-16,24-25H,7,10,17-23H2,1-4H3,(H4-,40,41,42,43,44,45,46,47,48,49,50,51,52,53);;;/q;3*+1/p-3. The summed E-state index contributed by atoms with van der Waals surface area (Å²) in [6.07, 6.45) is 10.7. The minimum Gasteiger partial charge on any atom is -0.748 e. The van der Waals surface area contributed by atoms with Gasteiger partial charge in [-0.05, 0) is 74.2 Å². The molecule has 61 heavy (non-hydrogen) atoms. The quantitative estimate of drug-likeness (QED) is 0.0451.